The van der Waals surface area contributed by atoms with Gasteiger partial charge < -0.3 is 25.3 Å². The van der Waals surface area contributed by atoms with Crippen LogP contribution in [0.1, 0.15) is 112 Å². The monoisotopic (exact) mass is 957 g/mol. The van der Waals surface area contributed by atoms with Crippen LogP contribution in [-0.4, -0.2) is 81.8 Å². The van der Waals surface area contributed by atoms with E-state index >= 15 is 0 Å². The molecule has 3 N–H and O–H groups in total. The highest BCUT2D eigenvalue weighted by atomic mass is 16.3. The third kappa shape index (κ3) is 13.2. The predicted molar refractivity (Wildman–Crippen MR) is 293 cm³/mol. The molecule has 376 valence electrons. The normalized spacial score (nSPS) is 21.8. The lowest BCUT2D eigenvalue weighted by Gasteiger charge is -2.30. The van der Waals surface area contributed by atoms with Crippen molar-refractivity contribution in [3.05, 3.63) is 150 Å². The molecule has 3 aliphatic carbocycles. The van der Waals surface area contributed by atoms with Gasteiger partial charge in [0.25, 0.3) is 0 Å². The van der Waals surface area contributed by atoms with E-state index in [9.17, 15) is 10.2 Å². The van der Waals surface area contributed by atoms with Gasteiger partial charge in [0.1, 0.15) is 0 Å². The maximum Gasteiger partial charge on any atom is 0.168 e. The topological polar surface area (TPSA) is 102 Å². The molecule has 0 saturated heterocycles. The maximum absolute atomic E-state index is 11.2. The van der Waals surface area contributed by atoms with E-state index in [1.165, 1.54) is 79.3 Å². The van der Waals surface area contributed by atoms with Gasteiger partial charge in [0.2, 0.25) is 0 Å². The molecule has 0 radical (unpaired) electrons. The zero-order valence-corrected chi connectivity index (χ0v) is 43.9. The van der Waals surface area contributed by atoms with E-state index < -0.39 is 6.10 Å². The van der Waals surface area contributed by atoms with Crippen molar-refractivity contribution in [3.8, 4) is 0 Å². The molecule has 3 aromatic carbocycles. The largest absolute Gasteiger partial charge is 0.388 e. The van der Waals surface area contributed by atoms with Crippen LogP contribution in [0.15, 0.2) is 122 Å². The third-order valence-electron chi connectivity index (χ3n) is 16.2. The maximum atomic E-state index is 11.2. The Balaban J connectivity index is 0.000000143. The van der Waals surface area contributed by atoms with E-state index in [0.29, 0.717) is 23.7 Å². The standard InChI is InChI=1S/C22H25N2O.C21H30N2O.C19H27N3/c1-16-8-9-21-20(14-16)19(10-11-23-21)22(25)18-7-5-6-17(18)15-24-12-3-2-4-13-24;1-4-23(5-2)14-16-7-6-8-17(16)21(24)18-11-12-22-20-10-9-15(3)13-19(18)20;1-14-7-8-17-18(9-10-20-19(17)11-14)21-12-15-5-4-6-16(15)13-22(2)3/h2-4,8-14,17-18,22,25H,5-7,15H2,1H3;9-13,16-17,21,24H,4-8,14H2,1-3H3;7-11,15-16H,4-6,12-13H2,1-3H3,(H,20,21)/q+1;;. The van der Waals surface area contributed by atoms with Gasteiger partial charge in [0, 0.05) is 78.1 Å². The Hall–Kier alpha value is -5.32. The number of nitrogens with zero attached hydrogens (tertiary/aromatic N) is 6. The van der Waals surface area contributed by atoms with Crippen LogP contribution in [0.25, 0.3) is 32.7 Å². The van der Waals surface area contributed by atoms with E-state index in [0.717, 1.165) is 95.9 Å². The summed E-state index contributed by atoms with van der Waals surface area (Å²) in [4.78, 5) is 18.2. The number of pyridine rings is 4. The predicted octanol–water partition coefficient (Wildman–Crippen LogP) is 12.2. The van der Waals surface area contributed by atoms with Crippen molar-refractivity contribution in [1.29, 1.82) is 0 Å². The molecular weight excluding hydrogens is 875 g/mol. The first-order chi connectivity index (χ1) is 34.5. The van der Waals surface area contributed by atoms with E-state index in [-0.39, 0.29) is 6.10 Å². The lowest BCUT2D eigenvalue weighted by Crippen LogP contribution is -2.38. The van der Waals surface area contributed by atoms with Crippen molar-refractivity contribution in [2.75, 3.05) is 52.1 Å². The molecular formula is C62H82N7O2+. The van der Waals surface area contributed by atoms with Crippen molar-refractivity contribution < 1.29 is 14.8 Å². The second-order valence-electron chi connectivity index (χ2n) is 21.5. The van der Waals surface area contributed by atoms with Crippen LogP contribution in [0.2, 0.25) is 0 Å². The molecule has 0 amide bonds. The van der Waals surface area contributed by atoms with E-state index in [2.05, 4.69) is 162 Å². The molecule has 4 heterocycles. The smallest absolute Gasteiger partial charge is 0.168 e. The highest BCUT2D eigenvalue weighted by Crippen LogP contribution is 2.44. The Labute approximate surface area is 424 Å². The molecule has 8 unspecified atom stereocenters. The van der Waals surface area contributed by atoms with Gasteiger partial charge in [-0.2, -0.15) is 0 Å². The summed E-state index contributed by atoms with van der Waals surface area (Å²) in [6.45, 7) is 17.3. The fourth-order valence-electron chi connectivity index (χ4n) is 12.3. The molecule has 3 fully saturated rings. The molecule has 0 spiro atoms. The van der Waals surface area contributed by atoms with Crippen LogP contribution in [0.3, 0.4) is 0 Å². The summed E-state index contributed by atoms with van der Waals surface area (Å²) in [6, 6.07) is 31.4. The number of rotatable bonds is 15. The number of aliphatic hydroxyl groups excluding tert-OH is 2. The highest BCUT2D eigenvalue weighted by molar-refractivity contribution is 5.91. The number of hydrogen-bond acceptors (Lipinski definition) is 8. The Morgan fingerprint density at radius 1 is 0.563 bits per heavy atom. The minimum Gasteiger partial charge on any atom is -0.388 e. The van der Waals surface area contributed by atoms with E-state index in [1.54, 1.807) is 0 Å². The molecule has 8 atom stereocenters. The number of fused-ring (bicyclic) bond motifs is 3. The zero-order chi connectivity index (χ0) is 49.9. The molecule has 71 heavy (non-hydrogen) atoms. The molecule has 0 bridgehead atoms. The van der Waals surface area contributed by atoms with Gasteiger partial charge >= 0.3 is 0 Å². The van der Waals surface area contributed by atoms with Gasteiger partial charge in [-0.05, 0) is 181 Å². The summed E-state index contributed by atoms with van der Waals surface area (Å²) in [5, 5.41) is 29.5. The Morgan fingerprint density at radius 3 is 1.70 bits per heavy atom. The second-order valence-corrected chi connectivity index (χ2v) is 21.5. The summed E-state index contributed by atoms with van der Waals surface area (Å²) >= 11 is 0. The molecule has 3 saturated carbocycles. The zero-order valence-electron chi connectivity index (χ0n) is 43.9. The highest BCUT2D eigenvalue weighted by Gasteiger charge is 2.37. The number of nitrogens with one attached hydrogen (secondary N) is 1. The van der Waals surface area contributed by atoms with Crippen LogP contribution in [-0.2, 0) is 6.54 Å². The van der Waals surface area contributed by atoms with Crippen LogP contribution in [0.4, 0.5) is 5.69 Å². The van der Waals surface area contributed by atoms with Crippen molar-refractivity contribution >= 4 is 38.4 Å². The lowest BCUT2D eigenvalue weighted by atomic mass is 9.85. The summed E-state index contributed by atoms with van der Waals surface area (Å²) in [7, 11) is 4.36. The van der Waals surface area contributed by atoms with Gasteiger partial charge in [-0.1, -0.05) is 74.6 Å². The summed E-state index contributed by atoms with van der Waals surface area (Å²) < 4.78 is 2.24. The first-order valence-electron chi connectivity index (χ1n) is 27.0. The summed E-state index contributed by atoms with van der Waals surface area (Å²) in [5.74, 6) is 3.38. The van der Waals surface area contributed by atoms with Gasteiger partial charge in [0.15, 0.2) is 18.9 Å². The summed E-state index contributed by atoms with van der Waals surface area (Å²) in [6.07, 6.45) is 20.2. The number of aliphatic hydroxyl groups is 2. The van der Waals surface area contributed by atoms with E-state index in [4.69, 9.17) is 0 Å². The lowest BCUT2D eigenvalue weighted by molar-refractivity contribution is -0.704. The van der Waals surface area contributed by atoms with Crippen molar-refractivity contribution in [2.24, 2.45) is 35.5 Å². The molecule has 4 aromatic heterocycles. The third-order valence-corrected chi connectivity index (χ3v) is 16.2. The van der Waals surface area contributed by atoms with Crippen molar-refractivity contribution in [1.82, 2.24) is 24.8 Å². The minimum atomic E-state index is -0.427. The average Bonchev–Trinajstić information content (AvgIpc) is 4.16. The first-order valence-corrected chi connectivity index (χ1v) is 27.0. The molecule has 9 heteroatoms. The van der Waals surface area contributed by atoms with Crippen LogP contribution in [0, 0.1) is 56.3 Å². The van der Waals surface area contributed by atoms with Gasteiger partial charge in [-0.15, -0.1) is 0 Å². The number of benzene rings is 3. The molecule has 0 aliphatic heterocycles. The van der Waals surface area contributed by atoms with Gasteiger partial charge in [-0.25, -0.2) is 4.57 Å². The van der Waals surface area contributed by atoms with Crippen molar-refractivity contribution in [3.63, 3.8) is 0 Å². The second kappa shape index (κ2) is 24.9. The SMILES string of the molecule is CCN(CC)CC1CCCC1C(O)c1ccnc2ccc(C)cc12.Cc1ccc2c(NCC3CCCC3CN(C)C)ccnc2c1.Cc1ccc2nccc(C(O)C3CCCC3C[n+]3ccccc3)c2c1. The minimum absolute atomic E-state index is 0.304. The molecule has 10 rings (SSSR count). The first kappa shape index (κ1) is 52.0. The number of aromatic nitrogens is 4. The Morgan fingerprint density at radius 2 is 1.08 bits per heavy atom. The average molecular weight is 957 g/mol. The van der Waals surface area contributed by atoms with Crippen LogP contribution < -0.4 is 9.88 Å². The van der Waals surface area contributed by atoms with Gasteiger partial charge in [0.05, 0.1) is 28.8 Å². The Bertz CT molecular complexity index is 2780. The number of aryl methyl sites for hydroxylation is 3. The van der Waals surface area contributed by atoms with Gasteiger partial charge in [-0.3, -0.25) is 15.0 Å². The number of hydrogen-bond donors (Lipinski definition) is 3. The fraction of sp³-hybridized carbons (Fsp3) is 0.484. The summed E-state index contributed by atoms with van der Waals surface area (Å²) in [5.41, 5.74) is 10.0. The number of anilines is 1. The Kier molecular flexibility index (Phi) is 18.2. The molecule has 3 aliphatic rings. The molecule has 7 aromatic rings. The van der Waals surface area contributed by atoms with Crippen LogP contribution >= 0.6 is 0 Å². The van der Waals surface area contributed by atoms with Crippen LogP contribution in [0.5, 0.6) is 0 Å². The van der Waals surface area contributed by atoms with E-state index in [1.807, 2.05) is 42.9 Å². The quantitative estimate of drug-likeness (QED) is 0.0874. The fourth-order valence-corrected chi connectivity index (χ4v) is 12.3. The molecule has 9 nitrogen and oxygen atoms in total. The van der Waals surface area contributed by atoms with Crippen molar-refractivity contribution in [2.45, 2.75) is 111 Å².